The molecule has 6 nitrogen and oxygen atoms in total. The van der Waals surface area contributed by atoms with Crippen LogP contribution >= 0.6 is 11.6 Å². The van der Waals surface area contributed by atoms with Gasteiger partial charge in [0.1, 0.15) is 5.82 Å². The van der Waals surface area contributed by atoms with Crippen molar-refractivity contribution < 1.29 is 26.4 Å². The quantitative estimate of drug-likeness (QED) is 0.340. The first kappa shape index (κ1) is 25.5. The summed E-state index contributed by atoms with van der Waals surface area (Å²) in [7, 11) is -4.07. The predicted octanol–water partition coefficient (Wildman–Crippen LogP) is 5.80. The lowest BCUT2D eigenvalue weighted by molar-refractivity contribution is -0.137. The lowest BCUT2D eigenvalue weighted by Gasteiger charge is -2.12. The average molecular weight is 534 g/mol. The maximum absolute atomic E-state index is 13.0. The van der Waals surface area contributed by atoms with E-state index in [9.17, 15) is 26.4 Å². The highest BCUT2D eigenvalue weighted by Gasteiger charge is 2.31. The first-order valence-corrected chi connectivity index (χ1v) is 12.5. The van der Waals surface area contributed by atoms with Crippen LogP contribution in [0.4, 0.5) is 13.2 Å². The minimum absolute atomic E-state index is 0.0590. The van der Waals surface area contributed by atoms with E-state index in [0.29, 0.717) is 28.0 Å². The maximum atomic E-state index is 13.0. The van der Waals surface area contributed by atoms with Crippen molar-refractivity contribution in [3.63, 3.8) is 0 Å². The highest BCUT2D eigenvalue weighted by molar-refractivity contribution is 7.93. The molecular formula is C25H19ClF3N3O3S. The van der Waals surface area contributed by atoms with Gasteiger partial charge in [0.05, 0.1) is 28.5 Å². The van der Waals surface area contributed by atoms with Crippen molar-refractivity contribution in [2.24, 2.45) is 0 Å². The smallest absolute Gasteiger partial charge is 0.324 e. The van der Waals surface area contributed by atoms with Gasteiger partial charge >= 0.3 is 6.18 Å². The number of hydrogen-bond acceptors (Lipinski definition) is 4. The van der Waals surface area contributed by atoms with E-state index in [4.69, 9.17) is 11.6 Å². The summed E-state index contributed by atoms with van der Waals surface area (Å²) in [4.78, 5) is 17.1. The maximum Gasteiger partial charge on any atom is 0.416 e. The zero-order valence-electron chi connectivity index (χ0n) is 18.8. The number of fused-ring (bicyclic) bond motifs is 1. The second-order valence-electron chi connectivity index (χ2n) is 7.94. The van der Waals surface area contributed by atoms with Crippen LogP contribution < -0.4 is 4.72 Å². The van der Waals surface area contributed by atoms with Gasteiger partial charge in [0, 0.05) is 10.6 Å². The van der Waals surface area contributed by atoms with Gasteiger partial charge in [-0.2, -0.15) is 13.2 Å². The molecule has 36 heavy (non-hydrogen) atoms. The number of carbonyl (C=O) groups excluding carboxylic acids is 1. The molecule has 4 aromatic rings. The fourth-order valence-corrected chi connectivity index (χ4v) is 4.58. The third-order valence-electron chi connectivity index (χ3n) is 5.38. The molecule has 0 aliphatic heterocycles. The number of rotatable bonds is 6. The Kier molecular flexibility index (Phi) is 6.92. The van der Waals surface area contributed by atoms with Crippen molar-refractivity contribution in [1.82, 2.24) is 14.3 Å². The van der Waals surface area contributed by atoms with Crippen LogP contribution in [0, 0.1) is 6.92 Å². The molecule has 0 aliphatic carbocycles. The molecule has 1 amide bonds. The first-order chi connectivity index (χ1) is 16.9. The molecule has 0 bridgehead atoms. The number of alkyl halides is 3. The summed E-state index contributed by atoms with van der Waals surface area (Å²) < 4.78 is 67.3. The average Bonchev–Trinajstić information content (AvgIpc) is 3.13. The predicted molar refractivity (Wildman–Crippen MR) is 132 cm³/mol. The van der Waals surface area contributed by atoms with E-state index < -0.39 is 27.7 Å². The standard InChI is InChI=1S/C25H19ClF3N3O3S/c1-16-30-22-10-8-18(24(33)31-36(34,35)12-11-17-5-3-2-4-6-17)13-23(22)32(16)15-19-7-9-20(14-21(19)26)25(27,28)29/h2-14H,15H2,1H3,(H,31,33). The molecule has 3 aromatic carbocycles. The summed E-state index contributed by atoms with van der Waals surface area (Å²) in [6.45, 7) is 1.80. The van der Waals surface area contributed by atoms with E-state index >= 15 is 0 Å². The number of aryl methyl sites for hydroxylation is 1. The first-order valence-electron chi connectivity index (χ1n) is 10.6. The Morgan fingerprint density at radius 1 is 1.08 bits per heavy atom. The molecule has 0 unspecified atom stereocenters. The molecule has 4 rings (SSSR count). The monoisotopic (exact) mass is 533 g/mol. The molecule has 0 aliphatic rings. The summed E-state index contributed by atoms with van der Waals surface area (Å²) >= 11 is 6.11. The molecule has 1 heterocycles. The Hall–Kier alpha value is -3.63. The second kappa shape index (κ2) is 9.79. The third-order valence-corrected chi connectivity index (χ3v) is 6.70. The van der Waals surface area contributed by atoms with Crippen LogP contribution in [0.3, 0.4) is 0 Å². The van der Waals surface area contributed by atoms with Gasteiger partial charge in [-0.1, -0.05) is 48.0 Å². The Labute approximate surface area is 210 Å². The van der Waals surface area contributed by atoms with Gasteiger partial charge < -0.3 is 4.57 Å². The SMILES string of the molecule is Cc1nc2ccc(C(=O)NS(=O)(=O)C=Cc3ccccc3)cc2n1Cc1ccc(C(F)(F)F)cc1Cl. The molecule has 0 atom stereocenters. The summed E-state index contributed by atoms with van der Waals surface area (Å²) in [5.41, 5.74) is 1.31. The Bertz CT molecular complexity index is 1580. The molecule has 0 saturated carbocycles. The molecule has 186 valence electrons. The summed E-state index contributed by atoms with van der Waals surface area (Å²) in [6.07, 6.45) is -3.15. The number of imidazole rings is 1. The Morgan fingerprint density at radius 2 is 1.81 bits per heavy atom. The molecule has 0 radical (unpaired) electrons. The van der Waals surface area contributed by atoms with E-state index in [-0.39, 0.29) is 17.1 Å². The van der Waals surface area contributed by atoms with Gasteiger partial charge in [0.2, 0.25) is 0 Å². The third kappa shape index (κ3) is 5.77. The summed E-state index contributed by atoms with van der Waals surface area (Å²) in [5, 5.41) is 0.844. The number of nitrogens with zero attached hydrogens (tertiary/aromatic N) is 2. The molecule has 0 saturated heterocycles. The van der Waals surface area contributed by atoms with E-state index in [1.807, 2.05) is 4.72 Å². The number of carbonyl (C=O) groups is 1. The number of halogens is 4. The van der Waals surface area contributed by atoms with E-state index in [1.165, 1.54) is 24.3 Å². The van der Waals surface area contributed by atoms with Crippen LogP contribution in [-0.4, -0.2) is 23.9 Å². The van der Waals surface area contributed by atoms with Crippen molar-refractivity contribution >= 4 is 44.6 Å². The zero-order chi connectivity index (χ0) is 26.1. The molecular weight excluding hydrogens is 515 g/mol. The van der Waals surface area contributed by atoms with Crippen LogP contribution in [0.25, 0.3) is 17.1 Å². The van der Waals surface area contributed by atoms with Gasteiger partial charge in [-0.15, -0.1) is 0 Å². The summed E-state index contributed by atoms with van der Waals surface area (Å²) in [6, 6.07) is 16.3. The lowest BCUT2D eigenvalue weighted by atomic mass is 10.1. The van der Waals surface area contributed by atoms with Crippen LogP contribution in [0.2, 0.25) is 5.02 Å². The van der Waals surface area contributed by atoms with Gasteiger partial charge in [0.15, 0.2) is 0 Å². The highest BCUT2D eigenvalue weighted by atomic mass is 35.5. The number of amides is 1. The fourth-order valence-electron chi connectivity index (χ4n) is 3.56. The van der Waals surface area contributed by atoms with E-state index in [1.54, 1.807) is 47.9 Å². The van der Waals surface area contributed by atoms with Gasteiger partial charge in [-0.3, -0.25) is 4.79 Å². The molecule has 1 N–H and O–H groups in total. The zero-order valence-corrected chi connectivity index (χ0v) is 20.3. The number of nitrogens with one attached hydrogen (secondary N) is 1. The molecule has 1 aromatic heterocycles. The van der Waals surface area contributed by atoms with Crippen LogP contribution in [-0.2, 0) is 22.7 Å². The van der Waals surface area contributed by atoms with Crippen molar-refractivity contribution in [1.29, 1.82) is 0 Å². The van der Waals surface area contributed by atoms with E-state index in [0.717, 1.165) is 17.5 Å². The number of sulfonamides is 1. The topological polar surface area (TPSA) is 81.1 Å². The number of aromatic nitrogens is 2. The van der Waals surface area contributed by atoms with Gasteiger partial charge in [-0.25, -0.2) is 18.1 Å². The minimum Gasteiger partial charge on any atom is -0.324 e. The highest BCUT2D eigenvalue weighted by Crippen LogP contribution is 2.32. The fraction of sp³-hybridized carbons (Fsp3) is 0.120. The Balaban J connectivity index is 1.59. The Morgan fingerprint density at radius 3 is 2.47 bits per heavy atom. The van der Waals surface area contributed by atoms with Crippen molar-refractivity contribution in [3.05, 3.63) is 105 Å². The van der Waals surface area contributed by atoms with Crippen molar-refractivity contribution in [3.8, 4) is 0 Å². The molecule has 11 heteroatoms. The summed E-state index contributed by atoms with van der Waals surface area (Å²) in [5.74, 6) is -0.301. The van der Waals surface area contributed by atoms with Crippen LogP contribution in [0.1, 0.15) is 32.9 Å². The lowest BCUT2D eigenvalue weighted by Crippen LogP contribution is -2.28. The number of benzene rings is 3. The molecule has 0 spiro atoms. The van der Waals surface area contributed by atoms with Gasteiger partial charge in [-0.05, 0) is 54.5 Å². The number of hydrogen-bond donors (Lipinski definition) is 1. The van der Waals surface area contributed by atoms with Crippen molar-refractivity contribution in [2.75, 3.05) is 0 Å². The largest absolute Gasteiger partial charge is 0.416 e. The molecule has 0 fully saturated rings. The minimum atomic E-state index is -4.52. The van der Waals surface area contributed by atoms with Crippen LogP contribution in [0.15, 0.2) is 72.1 Å². The normalized spacial score (nSPS) is 12.4. The van der Waals surface area contributed by atoms with Crippen LogP contribution in [0.5, 0.6) is 0 Å². The van der Waals surface area contributed by atoms with Crippen molar-refractivity contribution in [2.45, 2.75) is 19.6 Å². The van der Waals surface area contributed by atoms with Gasteiger partial charge in [0.25, 0.3) is 15.9 Å². The second-order valence-corrected chi connectivity index (χ2v) is 9.92. The van der Waals surface area contributed by atoms with E-state index in [2.05, 4.69) is 4.98 Å².